The molecule has 0 N–H and O–H groups in total. The van der Waals surface area contributed by atoms with Crippen molar-refractivity contribution in [2.75, 3.05) is 19.6 Å². The van der Waals surface area contributed by atoms with Crippen LogP contribution in [0.5, 0.6) is 5.75 Å². The Morgan fingerprint density at radius 3 is 2.59 bits per heavy atom. The zero-order valence-corrected chi connectivity index (χ0v) is 20.3. The van der Waals surface area contributed by atoms with E-state index in [4.69, 9.17) is 4.74 Å². The minimum atomic E-state index is -0.133. The lowest BCUT2D eigenvalue weighted by Crippen LogP contribution is -2.51. The zero-order chi connectivity index (χ0) is 23.8. The van der Waals surface area contributed by atoms with Crippen LogP contribution in [-0.4, -0.2) is 58.4 Å². The van der Waals surface area contributed by atoms with Crippen molar-refractivity contribution in [1.82, 2.24) is 14.8 Å². The number of para-hydroxylation sites is 1. The first-order valence-corrected chi connectivity index (χ1v) is 12.9. The second-order valence-corrected chi connectivity index (χ2v) is 9.45. The van der Waals surface area contributed by atoms with Crippen LogP contribution in [-0.2, 0) is 0 Å². The molecule has 4 rings (SSSR count). The van der Waals surface area contributed by atoms with Crippen LogP contribution in [0, 0.1) is 0 Å². The molecule has 182 valence electrons. The lowest BCUT2D eigenvalue weighted by atomic mass is 9.90. The Bertz CT molecular complexity index is 949. The highest BCUT2D eigenvalue weighted by Crippen LogP contribution is 2.31. The van der Waals surface area contributed by atoms with E-state index in [1.54, 1.807) is 12.4 Å². The van der Waals surface area contributed by atoms with Gasteiger partial charge >= 0.3 is 0 Å². The molecule has 0 saturated heterocycles. The van der Waals surface area contributed by atoms with Crippen molar-refractivity contribution in [2.24, 2.45) is 0 Å². The van der Waals surface area contributed by atoms with Crippen LogP contribution in [0.15, 0.2) is 48.8 Å². The van der Waals surface area contributed by atoms with Crippen LogP contribution in [0.1, 0.15) is 85.4 Å². The lowest BCUT2D eigenvalue weighted by molar-refractivity contribution is 0.0266. The number of pyridine rings is 1. The Labute approximate surface area is 203 Å². The number of aromatic nitrogens is 1. The van der Waals surface area contributed by atoms with Gasteiger partial charge in [0.15, 0.2) is 0 Å². The number of benzene rings is 1. The van der Waals surface area contributed by atoms with Gasteiger partial charge in [0, 0.05) is 32.0 Å². The van der Waals surface area contributed by atoms with Crippen LogP contribution in [0.2, 0.25) is 0 Å². The van der Waals surface area contributed by atoms with Gasteiger partial charge in [-0.1, -0.05) is 38.3 Å². The van der Waals surface area contributed by atoms with Gasteiger partial charge in [-0.05, 0) is 62.8 Å². The number of nitrogens with zero attached hydrogens (tertiary/aromatic N) is 3. The molecule has 2 aliphatic rings. The molecule has 1 aromatic heterocycles. The minimum Gasteiger partial charge on any atom is -0.487 e. The third-order valence-electron chi connectivity index (χ3n) is 6.99. The normalized spacial score (nSPS) is 22.2. The van der Waals surface area contributed by atoms with Gasteiger partial charge < -0.3 is 14.5 Å². The van der Waals surface area contributed by atoms with E-state index in [0.29, 0.717) is 16.9 Å². The SMILES string of the molecule is CCCN1CCCCCCN(C(=O)c2cccnc2)[C@@H]2CCCC[C@@H]2Oc2ccccc2C1=O. The summed E-state index contributed by atoms with van der Waals surface area (Å²) in [4.78, 5) is 35.2. The van der Waals surface area contributed by atoms with E-state index in [0.717, 1.165) is 77.4 Å². The highest BCUT2D eigenvalue weighted by molar-refractivity contribution is 5.97. The molecule has 2 aromatic rings. The maximum absolute atomic E-state index is 13.6. The second-order valence-electron chi connectivity index (χ2n) is 9.45. The van der Waals surface area contributed by atoms with Crippen molar-refractivity contribution >= 4 is 11.8 Å². The topological polar surface area (TPSA) is 62.7 Å². The van der Waals surface area contributed by atoms with Crippen molar-refractivity contribution in [3.05, 3.63) is 59.9 Å². The fourth-order valence-electron chi connectivity index (χ4n) is 5.25. The predicted molar refractivity (Wildman–Crippen MR) is 133 cm³/mol. The molecular weight excluding hydrogens is 426 g/mol. The van der Waals surface area contributed by atoms with E-state index in [2.05, 4.69) is 11.9 Å². The summed E-state index contributed by atoms with van der Waals surface area (Å²) in [6.07, 6.45) is 12.1. The number of carbonyl (C=O) groups excluding carboxylic acids is 2. The smallest absolute Gasteiger partial charge is 0.257 e. The molecule has 0 spiro atoms. The Morgan fingerprint density at radius 2 is 1.79 bits per heavy atom. The summed E-state index contributed by atoms with van der Waals surface area (Å²) in [7, 11) is 0. The molecule has 1 aromatic carbocycles. The molecule has 0 unspecified atom stereocenters. The molecule has 0 bridgehead atoms. The summed E-state index contributed by atoms with van der Waals surface area (Å²) < 4.78 is 6.60. The van der Waals surface area contributed by atoms with Crippen molar-refractivity contribution in [3.63, 3.8) is 0 Å². The fourth-order valence-corrected chi connectivity index (χ4v) is 5.25. The standard InChI is InChI=1S/C28H37N3O3/c1-2-18-30-19-9-3-4-10-20-31(27(32)22-12-11-17-29-21-22)24-14-6-8-16-26(24)34-25-15-7-5-13-23(25)28(30)33/h5,7,11-13,15,17,21,24,26H,2-4,6,8-10,14,16,18-20H2,1H3/t24-,26+/m1/s1. The first-order chi connectivity index (χ1) is 16.7. The van der Waals surface area contributed by atoms with Crippen LogP contribution in [0.3, 0.4) is 0 Å². The van der Waals surface area contributed by atoms with Crippen LogP contribution < -0.4 is 4.74 Å². The van der Waals surface area contributed by atoms with Crippen LogP contribution in [0.25, 0.3) is 0 Å². The maximum Gasteiger partial charge on any atom is 0.257 e. The highest BCUT2D eigenvalue weighted by atomic mass is 16.5. The van der Waals surface area contributed by atoms with Crippen LogP contribution in [0.4, 0.5) is 0 Å². The first kappa shape index (κ1) is 24.2. The lowest BCUT2D eigenvalue weighted by Gasteiger charge is -2.40. The van der Waals surface area contributed by atoms with Gasteiger partial charge in [0.05, 0.1) is 17.2 Å². The summed E-state index contributed by atoms with van der Waals surface area (Å²) in [6, 6.07) is 11.3. The fraction of sp³-hybridized carbons (Fsp3) is 0.536. The highest BCUT2D eigenvalue weighted by Gasteiger charge is 2.35. The molecule has 0 radical (unpaired) electrons. The number of rotatable bonds is 3. The van der Waals surface area contributed by atoms with Gasteiger partial charge in [0.25, 0.3) is 11.8 Å². The minimum absolute atomic E-state index is 0.0145. The van der Waals surface area contributed by atoms with Gasteiger partial charge in [-0.3, -0.25) is 14.6 Å². The molecule has 1 fully saturated rings. The summed E-state index contributed by atoms with van der Waals surface area (Å²) >= 11 is 0. The molecule has 6 heteroatoms. The van der Waals surface area contributed by atoms with Crippen molar-refractivity contribution in [3.8, 4) is 5.75 Å². The summed E-state index contributed by atoms with van der Waals surface area (Å²) in [5.41, 5.74) is 1.25. The number of amides is 2. The van der Waals surface area contributed by atoms with Gasteiger partial charge in [0.2, 0.25) is 0 Å². The third-order valence-corrected chi connectivity index (χ3v) is 6.99. The Kier molecular flexibility index (Phi) is 8.56. The Hall–Kier alpha value is -2.89. The number of hydrogen-bond acceptors (Lipinski definition) is 4. The Balaban J connectivity index is 1.67. The van der Waals surface area contributed by atoms with E-state index >= 15 is 0 Å². The number of hydrogen-bond donors (Lipinski definition) is 0. The number of carbonyl (C=O) groups is 2. The van der Waals surface area contributed by atoms with Crippen molar-refractivity contribution in [1.29, 1.82) is 0 Å². The Morgan fingerprint density at radius 1 is 1.00 bits per heavy atom. The van der Waals surface area contributed by atoms with Gasteiger partial charge in [-0.15, -0.1) is 0 Å². The van der Waals surface area contributed by atoms with E-state index in [1.807, 2.05) is 46.2 Å². The van der Waals surface area contributed by atoms with Crippen molar-refractivity contribution in [2.45, 2.75) is 76.9 Å². The average Bonchev–Trinajstić information content (AvgIpc) is 2.88. The summed E-state index contributed by atoms with van der Waals surface area (Å²) in [5, 5.41) is 0. The average molecular weight is 464 g/mol. The molecule has 34 heavy (non-hydrogen) atoms. The molecular formula is C28H37N3O3. The first-order valence-electron chi connectivity index (χ1n) is 12.9. The monoisotopic (exact) mass is 463 g/mol. The second kappa shape index (κ2) is 12.0. The molecule has 1 saturated carbocycles. The molecule has 2 amide bonds. The summed E-state index contributed by atoms with van der Waals surface area (Å²) in [5.74, 6) is 0.709. The van der Waals surface area contributed by atoms with E-state index in [9.17, 15) is 9.59 Å². The zero-order valence-electron chi connectivity index (χ0n) is 20.3. The third kappa shape index (κ3) is 5.78. The van der Waals surface area contributed by atoms with Crippen LogP contribution >= 0.6 is 0 Å². The molecule has 2 heterocycles. The van der Waals surface area contributed by atoms with Gasteiger partial charge in [-0.2, -0.15) is 0 Å². The molecule has 6 nitrogen and oxygen atoms in total. The van der Waals surface area contributed by atoms with Gasteiger partial charge in [-0.25, -0.2) is 0 Å². The largest absolute Gasteiger partial charge is 0.487 e. The van der Waals surface area contributed by atoms with E-state index in [-0.39, 0.29) is 24.0 Å². The quantitative estimate of drug-likeness (QED) is 0.616. The van der Waals surface area contributed by atoms with Gasteiger partial charge in [0.1, 0.15) is 11.9 Å². The molecule has 1 aliphatic heterocycles. The predicted octanol–water partition coefficient (Wildman–Crippen LogP) is 5.34. The van der Waals surface area contributed by atoms with E-state index < -0.39 is 0 Å². The number of ether oxygens (including phenoxy) is 1. The van der Waals surface area contributed by atoms with E-state index in [1.165, 1.54) is 0 Å². The van der Waals surface area contributed by atoms with Crippen molar-refractivity contribution < 1.29 is 14.3 Å². The molecule has 1 aliphatic carbocycles. The summed E-state index contributed by atoms with van der Waals surface area (Å²) in [6.45, 7) is 4.34. The molecule has 2 atom stereocenters. The maximum atomic E-state index is 13.6. The number of fused-ring (bicyclic) bond motifs is 2.